The van der Waals surface area contributed by atoms with Gasteiger partial charge in [0.05, 0.1) is 23.6 Å². The van der Waals surface area contributed by atoms with Crippen LogP contribution in [0.5, 0.6) is 0 Å². The van der Waals surface area contributed by atoms with Gasteiger partial charge in [-0.15, -0.1) is 0 Å². The number of benzene rings is 2. The number of hydrogen-bond donors (Lipinski definition) is 0. The maximum atomic E-state index is 12.1. The van der Waals surface area contributed by atoms with E-state index >= 15 is 0 Å². The SMILES string of the molecule is CCOC(=O)c1ccc(-n2nc(C)cc2C)c2ccccc12. The molecule has 2 aromatic carbocycles. The second kappa shape index (κ2) is 5.64. The molecule has 1 heterocycles. The molecule has 3 rings (SSSR count). The highest BCUT2D eigenvalue weighted by Crippen LogP contribution is 2.27. The van der Waals surface area contributed by atoms with Gasteiger partial charge in [0.15, 0.2) is 0 Å². The lowest BCUT2D eigenvalue weighted by atomic mass is 10.0. The molecule has 0 radical (unpaired) electrons. The molecule has 0 N–H and O–H groups in total. The molecule has 0 aliphatic heterocycles. The van der Waals surface area contributed by atoms with E-state index in [9.17, 15) is 4.79 Å². The summed E-state index contributed by atoms with van der Waals surface area (Å²) in [4.78, 5) is 12.1. The van der Waals surface area contributed by atoms with Crippen LogP contribution in [-0.2, 0) is 4.74 Å². The summed E-state index contributed by atoms with van der Waals surface area (Å²) < 4.78 is 7.06. The first-order chi connectivity index (χ1) is 10.6. The van der Waals surface area contributed by atoms with Crippen molar-refractivity contribution in [3.8, 4) is 5.69 Å². The second-order valence-electron chi connectivity index (χ2n) is 5.24. The summed E-state index contributed by atoms with van der Waals surface area (Å²) in [5, 5.41) is 6.41. The predicted octanol–water partition coefficient (Wildman–Crippen LogP) is 3.82. The summed E-state index contributed by atoms with van der Waals surface area (Å²) in [5.41, 5.74) is 3.58. The number of esters is 1. The fourth-order valence-corrected chi connectivity index (χ4v) is 2.73. The Morgan fingerprint density at radius 2 is 1.86 bits per heavy atom. The first-order valence-corrected chi connectivity index (χ1v) is 7.34. The maximum absolute atomic E-state index is 12.1. The monoisotopic (exact) mass is 294 g/mol. The molecule has 0 spiro atoms. The van der Waals surface area contributed by atoms with Gasteiger partial charge >= 0.3 is 5.97 Å². The lowest BCUT2D eigenvalue weighted by molar-refractivity contribution is 0.0528. The number of hydrogen-bond acceptors (Lipinski definition) is 3. The highest BCUT2D eigenvalue weighted by atomic mass is 16.5. The molecule has 0 atom stereocenters. The van der Waals surface area contributed by atoms with Gasteiger partial charge < -0.3 is 4.74 Å². The van der Waals surface area contributed by atoms with Gasteiger partial charge in [0.2, 0.25) is 0 Å². The fraction of sp³-hybridized carbons (Fsp3) is 0.222. The van der Waals surface area contributed by atoms with Gasteiger partial charge in [-0.1, -0.05) is 24.3 Å². The van der Waals surface area contributed by atoms with Crippen LogP contribution < -0.4 is 0 Å². The van der Waals surface area contributed by atoms with E-state index in [1.54, 1.807) is 0 Å². The van der Waals surface area contributed by atoms with Crippen LogP contribution in [0.15, 0.2) is 42.5 Å². The quantitative estimate of drug-likeness (QED) is 0.690. The molecule has 112 valence electrons. The van der Waals surface area contributed by atoms with Crippen LogP contribution in [0.2, 0.25) is 0 Å². The lowest BCUT2D eigenvalue weighted by Crippen LogP contribution is -2.07. The number of rotatable bonds is 3. The van der Waals surface area contributed by atoms with E-state index in [1.165, 1.54) is 0 Å². The van der Waals surface area contributed by atoms with Crippen LogP contribution in [0.25, 0.3) is 16.5 Å². The van der Waals surface area contributed by atoms with Gasteiger partial charge in [0, 0.05) is 11.1 Å². The van der Waals surface area contributed by atoms with Crippen LogP contribution in [0.3, 0.4) is 0 Å². The zero-order valence-corrected chi connectivity index (χ0v) is 13.0. The Bertz CT molecular complexity index is 849. The van der Waals surface area contributed by atoms with E-state index in [0.717, 1.165) is 27.8 Å². The zero-order valence-electron chi connectivity index (χ0n) is 13.0. The van der Waals surface area contributed by atoms with Crippen molar-refractivity contribution in [2.45, 2.75) is 20.8 Å². The number of carbonyl (C=O) groups is 1. The summed E-state index contributed by atoms with van der Waals surface area (Å²) in [6.07, 6.45) is 0. The first-order valence-electron chi connectivity index (χ1n) is 7.34. The molecule has 3 aromatic rings. The molecule has 0 saturated carbocycles. The van der Waals surface area contributed by atoms with E-state index < -0.39 is 0 Å². The highest BCUT2D eigenvalue weighted by molar-refractivity contribution is 6.07. The number of ether oxygens (including phenoxy) is 1. The van der Waals surface area contributed by atoms with Gasteiger partial charge in [0.25, 0.3) is 0 Å². The Labute approximate surface area is 129 Å². The Hall–Kier alpha value is -2.62. The third-order valence-electron chi connectivity index (χ3n) is 3.63. The van der Waals surface area contributed by atoms with Crippen LogP contribution in [0, 0.1) is 13.8 Å². The molecule has 0 saturated heterocycles. The number of aryl methyl sites for hydroxylation is 2. The minimum absolute atomic E-state index is 0.293. The van der Waals surface area contributed by atoms with E-state index in [1.807, 2.05) is 67.9 Å². The smallest absolute Gasteiger partial charge is 0.338 e. The first kappa shape index (κ1) is 14.3. The van der Waals surface area contributed by atoms with E-state index in [-0.39, 0.29) is 5.97 Å². The average molecular weight is 294 g/mol. The van der Waals surface area contributed by atoms with Gasteiger partial charge in [-0.3, -0.25) is 0 Å². The topological polar surface area (TPSA) is 44.1 Å². The largest absolute Gasteiger partial charge is 0.462 e. The normalized spacial score (nSPS) is 10.9. The maximum Gasteiger partial charge on any atom is 0.338 e. The Kier molecular flexibility index (Phi) is 3.67. The minimum Gasteiger partial charge on any atom is -0.462 e. The summed E-state index contributed by atoms with van der Waals surface area (Å²) in [7, 11) is 0. The van der Waals surface area contributed by atoms with Gasteiger partial charge in [-0.25, -0.2) is 9.48 Å². The summed E-state index contributed by atoms with van der Waals surface area (Å²) in [6.45, 7) is 6.17. The van der Waals surface area contributed by atoms with Crippen molar-refractivity contribution in [2.24, 2.45) is 0 Å². The number of aromatic nitrogens is 2. The zero-order chi connectivity index (χ0) is 15.7. The fourth-order valence-electron chi connectivity index (χ4n) is 2.73. The van der Waals surface area contributed by atoms with E-state index in [4.69, 9.17) is 4.74 Å². The lowest BCUT2D eigenvalue weighted by Gasteiger charge is -2.12. The Morgan fingerprint density at radius 3 is 2.50 bits per heavy atom. The standard InChI is InChI=1S/C18H18N2O2/c1-4-22-18(21)16-9-10-17(15-8-6-5-7-14(15)16)20-13(3)11-12(2)19-20/h5-11H,4H2,1-3H3. The van der Waals surface area contributed by atoms with Crippen molar-refractivity contribution in [3.05, 3.63) is 59.4 Å². The molecule has 0 aliphatic rings. The van der Waals surface area contributed by atoms with E-state index in [0.29, 0.717) is 12.2 Å². The molecule has 0 aliphatic carbocycles. The Morgan fingerprint density at radius 1 is 1.14 bits per heavy atom. The van der Waals surface area contributed by atoms with Crippen molar-refractivity contribution < 1.29 is 9.53 Å². The molecule has 0 unspecified atom stereocenters. The molecule has 0 bridgehead atoms. The van der Waals surface area contributed by atoms with Crippen molar-refractivity contribution >= 4 is 16.7 Å². The van der Waals surface area contributed by atoms with Crippen molar-refractivity contribution in [1.82, 2.24) is 9.78 Å². The molecule has 0 amide bonds. The molecule has 4 heteroatoms. The molecular formula is C18H18N2O2. The Balaban J connectivity index is 2.25. The average Bonchev–Trinajstić information content (AvgIpc) is 2.85. The third-order valence-corrected chi connectivity index (χ3v) is 3.63. The van der Waals surface area contributed by atoms with Crippen molar-refractivity contribution in [1.29, 1.82) is 0 Å². The third kappa shape index (κ3) is 2.37. The summed E-state index contributed by atoms with van der Waals surface area (Å²) in [5.74, 6) is -0.293. The molecular weight excluding hydrogens is 276 g/mol. The van der Waals surface area contributed by atoms with E-state index in [2.05, 4.69) is 5.10 Å². The number of fused-ring (bicyclic) bond motifs is 1. The van der Waals surface area contributed by atoms with Gasteiger partial charge in [0.1, 0.15) is 0 Å². The van der Waals surface area contributed by atoms with Crippen LogP contribution in [0.1, 0.15) is 28.7 Å². The summed E-state index contributed by atoms with van der Waals surface area (Å²) >= 11 is 0. The molecule has 22 heavy (non-hydrogen) atoms. The van der Waals surface area contributed by atoms with Gasteiger partial charge in [-0.05, 0) is 44.4 Å². The van der Waals surface area contributed by atoms with Crippen molar-refractivity contribution in [3.63, 3.8) is 0 Å². The van der Waals surface area contributed by atoms with Crippen LogP contribution in [0.4, 0.5) is 0 Å². The minimum atomic E-state index is -0.293. The van der Waals surface area contributed by atoms with Crippen LogP contribution in [-0.4, -0.2) is 22.4 Å². The number of carbonyl (C=O) groups excluding carboxylic acids is 1. The van der Waals surface area contributed by atoms with Crippen molar-refractivity contribution in [2.75, 3.05) is 6.61 Å². The van der Waals surface area contributed by atoms with Crippen LogP contribution >= 0.6 is 0 Å². The molecule has 4 nitrogen and oxygen atoms in total. The molecule has 0 fully saturated rings. The summed E-state index contributed by atoms with van der Waals surface area (Å²) in [6, 6.07) is 13.6. The van der Waals surface area contributed by atoms with Gasteiger partial charge in [-0.2, -0.15) is 5.10 Å². The molecule has 1 aromatic heterocycles. The number of nitrogens with zero attached hydrogens (tertiary/aromatic N) is 2. The highest BCUT2D eigenvalue weighted by Gasteiger charge is 2.15. The second-order valence-corrected chi connectivity index (χ2v) is 5.24. The predicted molar refractivity (Wildman–Crippen MR) is 86.5 cm³/mol.